The van der Waals surface area contributed by atoms with E-state index in [9.17, 15) is 18.0 Å². The average Bonchev–Trinajstić information content (AvgIpc) is 3.00. The third kappa shape index (κ3) is 9.89. The highest BCUT2D eigenvalue weighted by atomic mass is 35.5. The molecule has 0 saturated carbocycles. The number of sulfonamides is 1. The van der Waals surface area contributed by atoms with E-state index in [2.05, 4.69) is 5.32 Å². The molecule has 2 atom stereocenters. The maximum absolute atomic E-state index is 14.0. The summed E-state index contributed by atoms with van der Waals surface area (Å²) < 4.78 is 37.3. The highest BCUT2D eigenvalue weighted by molar-refractivity contribution is 7.92. The molecule has 11 heteroatoms. The van der Waals surface area contributed by atoms with Gasteiger partial charge in [0, 0.05) is 32.0 Å². The Bertz CT molecular complexity index is 1500. The van der Waals surface area contributed by atoms with Crippen molar-refractivity contribution in [1.82, 2.24) is 10.2 Å². The maximum atomic E-state index is 14.0. The molecule has 0 spiro atoms. The molecular formula is C33H42ClN3O6S. The van der Waals surface area contributed by atoms with Crippen molar-refractivity contribution >= 4 is 39.1 Å². The average molecular weight is 644 g/mol. The lowest BCUT2D eigenvalue weighted by atomic mass is 10.0. The lowest BCUT2D eigenvalue weighted by molar-refractivity contribution is -0.141. The Hall–Kier alpha value is -3.76. The largest absolute Gasteiger partial charge is 0.497 e. The van der Waals surface area contributed by atoms with Gasteiger partial charge in [0.25, 0.3) is 0 Å². The number of methoxy groups -OCH3 is 2. The van der Waals surface area contributed by atoms with E-state index in [1.54, 1.807) is 24.1 Å². The molecule has 0 aromatic heterocycles. The summed E-state index contributed by atoms with van der Waals surface area (Å²) in [5.74, 6) is 0.548. The maximum Gasteiger partial charge on any atom is 0.243 e. The van der Waals surface area contributed by atoms with Crippen LogP contribution in [0.4, 0.5) is 5.69 Å². The molecule has 0 aliphatic rings. The van der Waals surface area contributed by atoms with Crippen LogP contribution in [0.5, 0.6) is 11.5 Å². The van der Waals surface area contributed by atoms with E-state index in [4.69, 9.17) is 21.1 Å². The van der Waals surface area contributed by atoms with Gasteiger partial charge in [-0.3, -0.25) is 13.9 Å². The van der Waals surface area contributed by atoms with Gasteiger partial charge in [0.15, 0.2) is 0 Å². The smallest absolute Gasteiger partial charge is 0.243 e. The second-order valence-corrected chi connectivity index (χ2v) is 13.0. The lowest BCUT2D eigenvalue weighted by Gasteiger charge is -2.33. The number of anilines is 1. The van der Waals surface area contributed by atoms with Crippen molar-refractivity contribution in [2.75, 3.05) is 31.3 Å². The zero-order valence-corrected chi connectivity index (χ0v) is 27.5. The van der Waals surface area contributed by atoms with E-state index in [1.165, 1.54) is 17.5 Å². The lowest BCUT2D eigenvalue weighted by Crippen LogP contribution is -2.52. The van der Waals surface area contributed by atoms with Crippen molar-refractivity contribution in [2.45, 2.75) is 58.2 Å². The number of nitrogens with one attached hydrogen (secondary N) is 1. The normalized spacial score (nSPS) is 12.6. The first-order chi connectivity index (χ1) is 21.0. The Morgan fingerprint density at radius 2 is 1.66 bits per heavy atom. The number of carbonyl (C=O) groups excluding carboxylic acids is 2. The summed E-state index contributed by atoms with van der Waals surface area (Å²) in [6.45, 7) is 4.13. The summed E-state index contributed by atoms with van der Waals surface area (Å²) in [6.07, 6.45) is 2.40. The number of amides is 2. The fraction of sp³-hybridized carbons (Fsp3) is 0.394. The molecular weight excluding hydrogens is 602 g/mol. The van der Waals surface area contributed by atoms with Gasteiger partial charge in [0.1, 0.15) is 17.5 Å². The SMILES string of the molecule is CCC(C)NC(=O)C(Cc1ccccc1)N(Cc1cccc(OC)c1)C(=O)CCCN(c1ccc(OC)c(Cl)c1)S(C)(=O)=O. The van der Waals surface area contributed by atoms with E-state index in [0.717, 1.165) is 23.8 Å². The van der Waals surface area contributed by atoms with E-state index >= 15 is 0 Å². The van der Waals surface area contributed by atoms with Crippen LogP contribution >= 0.6 is 11.6 Å². The van der Waals surface area contributed by atoms with Gasteiger partial charge in [-0.15, -0.1) is 0 Å². The van der Waals surface area contributed by atoms with Gasteiger partial charge in [-0.2, -0.15) is 0 Å². The standard InChI is InChI=1S/C33H42ClN3O6S/c1-6-24(2)35-33(39)30(21-25-12-8-7-9-13-25)36(23-26-14-10-15-28(20-26)42-3)32(38)16-11-19-37(44(5,40)41)27-17-18-31(43-4)29(34)22-27/h7-10,12-15,17-18,20,22,24,30H,6,11,16,19,21,23H2,1-5H3,(H,35,39). The Morgan fingerprint density at radius 1 is 0.955 bits per heavy atom. The highest BCUT2D eigenvalue weighted by Crippen LogP contribution is 2.30. The Balaban J connectivity index is 1.91. The first-order valence-corrected chi connectivity index (χ1v) is 16.8. The third-order valence-corrected chi connectivity index (χ3v) is 8.82. The number of ether oxygens (including phenoxy) is 2. The predicted octanol–water partition coefficient (Wildman–Crippen LogP) is 5.46. The molecule has 2 unspecified atom stereocenters. The predicted molar refractivity (Wildman–Crippen MR) is 175 cm³/mol. The molecule has 9 nitrogen and oxygen atoms in total. The van der Waals surface area contributed by atoms with Crippen molar-refractivity contribution in [3.63, 3.8) is 0 Å². The minimum Gasteiger partial charge on any atom is -0.497 e. The van der Waals surface area contributed by atoms with Crippen molar-refractivity contribution < 1.29 is 27.5 Å². The third-order valence-electron chi connectivity index (χ3n) is 7.33. The second kappa shape index (κ2) is 16.4. The minimum atomic E-state index is -3.68. The van der Waals surface area contributed by atoms with Gasteiger partial charge in [-0.05, 0) is 61.2 Å². The molecule has 3 aromatic carbocycles. The van der Waals surface area contributed by atoms with Crippen LogP contribution in [0.2, 0.25) is 5.02 Å². The molecule has 1 N–H and O–H groups in total. The summed E-state index contributed by atoms with van der Waals surface area (Å²) in [4.78, 5) is 29.3. The van der Waals surface area contributed by atoms with Crippen molar-refractivity contribution in [2.24, 2.45) is 0 Å². The zero-order chi connectivity index (χ0) is 32.3. The van der Waals surface area contributed by atoms with Crippen LogP contribution in [0.3, 0.4) is 0 Å². The molecule has 238 valence electrons. The van der Waals surface area contributed by atoms with Gasteiger partial charge in [0.2, 0.25) is 21.8 Å². The Morgan fingerprint density at radius 3 is 2.27 bits per heavy atom. The van der Waals surface area contributed by atoms with E-state index < -0.39 is 16.1 Å². The summed E-state index contributed by atoms with van der Waals surface area (Å²) in [6, 6.07) is 20.8. The Kier molecular flexibility index (Phi) is 12.9. The molecule has 0 aliphatic carbocycles. The van der Waals surface area contributed by atoms with Crippen LogP contribution in [0.1, 0.15) is 44.2 Å². The van der Waals surface area contributed by atoms with Crippen LogP contribution < -0.4 is 19.1 Å². The summed E-state index contributed by atoms with van der Waals surface area (Å²) in [5, 5.41) is 3.33. The first-order valence-electron chi connectivity index (χ1n) is 14.5. The molecule has 0 saturated heterocycles. The molecule has 0 fully saturated rings. The molecule has 3 aromatic rings. The molecule has 3 rings (SSSR count). The van der Waals surface area contributed by atoms with Gasteiger partial charge in [0.05, 0.1) is 31.2 Å². The van der Waals surface area contributed by atoms with E-state index in [1.807, 2.05) is 68.4 Å². The van der Waals surface area contributed by atoms with E-state index in [-0.39, 0.29) is 48.8 Å². The van der Waals surface area contributed by atoms with Crippen molar-refractivity contribution in [1.29, 1.82) is 0 Å². The van der Waals surface area contributed by atoms with Crippen LogP contribution in [0.15, 0.2) is 72.8 Å². The number of benzene rings is 3. The summed E-state index contributed by atoms with van der Waals surface area (Å²) in [7, 11) is -0.633. The molecule has 2 amide bonds. The number of carbonyl (C=O) groups is 2. The molecule has 44 heavy (non-hydrogen) atoms. The monoisotopic (exact) mass is 643 g/mol. The number of nitrogens with zero attached hydrogens (tertiary/aromatic N) is 2. The van der Waals surface area contributed by atoms with E-state index in [0.29, 0.717) is 23.6 Å². The topological polar surface area (TPSA) is 105 Å². The van der Waals surface area contributed by atoms with Gasteiger partial charge in [-0.1, -0.05) is 61.0 Å². The second-order valence-electron chi connectivity index (χ2n) is 10.7. The highest BCUT2D eigenvalue weighted by Gasteiger charge is 2.31. The molecule has 0 bridgehead atoms. The van der Waals surface area contributed by atoms with Crippen LogP contribution in [-0.4, -0.2) is 64.2 Å². The van der Waals surface area contributed by atoms with Crippen LogP contribution in [0, 0.1) is 0 Å². The van der Waals surface area contributed by atoms with Gasteiger partial charge < -0.3 is 19.7 Å². The fourth-order valence-corrected chi connectivity index (χ4v) is 5.99. The number of hydrogen-bond donors (Lipinski definition) is 1. The fourth-order valence-electron chi connectivity index (χ4n) is 4.78. The van der Waals surface area contributed by atoms with Crippen molar-refractivity contribution in [3.8, 4) is 11.5 Å². The quantitative estimate of drug-likeness (QED) is 0.222. The van der Waals surface area contributed by atoms with Gasteiger partial charge in [-0.25, -0.2) is 8.42 Å². The van der Waals surface area contributed by atoms with Crippen LogP contribution in [0.25, 0.3) is 0 Å². The number of halogens is 1. The Labute approximate surface area is 266 Å². The van der Waals surface area contributed by atoms with Crippen LogP contribution in [-0.2, 0) is 32.6 Å². The van der Waals surface area contributed by atoms with Crippen molar-refractivity contribution in [3.05, 3.63) is 88.9 Å². The summed E-state index contributed by atoms with van der Waals surface area (Å²) >= 11 is 6.27. The number of hydrogen-bond acceptors (Lipinski definition) is 6. The summed E-state index contributed by atoms with van der Waals surface area (Å²) in [5.41, 5.74) is 2.09. The number of rotatable bonds is 16. The minimum absolute atomic E-state index is 0.0157. The first kappa shape index (κ1) is 34.7. The molecule has 0 heterocycles. The zero-order valence-electron chi connectivity index (χ0n) is 26.0. The van der Waals surface area contributed by atoms with Gasteiger partial charge >= 0.3 is 0 Å². The molecule has 0 radical (unpaired) electrons. The molecule has 0 aliphatic heterocycles.